The second-order valence-electron chi connectivity index (χ2n) is 5.78. The molecule has 0 atom stereocenters. The molecule has 0 saturated heterocycles. The van der Waals surface area contributed by atoms with Crippen molar-refractivity contribution in [3.05, 3.63) is 70.1 Å². The van der Waals surface area contributed by atoms with Crippen LogP contribution >= 0.6 is 0 Å². The lowest BCUT2D eigenvalue weighted by molar-refractivity contribution is -0.123. The SMILES string of the molecule is COc1ccccc1CNC(=O)COc1ccc2c(C)cc(=O)oc2c1. The molecule has 1 heterocycles. The van der Waals surface area contributed by atoms with Crippen LogP contribution in [0.4, 0.5) is 0 Å². The molecule has 0 aliphatic rings. The minimum absolute atomic E-state index is 0.142. The van der Waals surface area contributed by atoms with E-state index in [-0.39, 0.29) is 12.5 Å². The third-order valence-corrected chi connectivity index (χ3v) is 3.96. The van der Waals surface area contributed by atoms with E-state index in [0.717, 1.165) is 16.5 Å². The van der Waals surface area contributed by atoms with Crippen molar-refractivity contribution < 1.29 is 18.7 Å². The maximum Gasteiger partial charge on any atom is 0.336 e. The van der Waals surface area contributed by atoms with Gasteiger partial charge in [-0.05, 0) is 30.7 Å². The Kier molecular flexibility index (Phi) is 5.22. The average molecular weight is 353 g/mol. The molecule has 134 valence electrons. The normalized spacial score (nSPS) is 10.5. The predicted octanol–water partition coefficient (Wildman–Crippen LogP) is 2.81. The summed E-state index contributed by atoms with van der Waals surface area (Å²) in [5, 5.41) is 3.61. The molecule has 3 aromatic rings. The maximum absolute atomic E-state index is 12.0. The summed E-state index contributed by atoms with van der Waals surface area (Å²) in [5.41, 5.74) is 1.73. The number of fused-ring (bicyclic) bond motifs is 1. The van der Waals surface area contributed by atoms with Crippen molar-refractivity contribution in [3.8, 4) is 11.5 Å². The summed E-state index contributed by atoms with van der Waals surface area (Å²) in [6.07, 6.45) is 0. The van der Waals surface area contributed by atoms with Crippen molar-refractivity contribution in [2.45, 2.75) is 13.5 Å². The van der Waals surface area contributed by atoms with Crippen LogP contribution in [0.2, 0.25) is 0 Å². The first-order valence-electron chi connectivity index (χ1n) is 8.13. The molecule has 6 nitrogen and oxygen atoms in total. The van der Waals surface area contributed by atoms with E-state index in [2.05, 4.69) is 5.32 Å². The summed E-state index contributed by atoms with van der Waals surface area (Å²) in [4.78, 5) is 23.5. The van der Waals surface area contributed by atoms with Gasteiger partial charge in [-0.25, -0.2) is 4.79 Å². The number of methoxy groups -OCH3 is 1. The van der Waals surface area contributed by atoms with Crippen molar-refractivity contribution in [2.75, 3.05) is 13.7 Å². The van der Waals surface area contributed by atoms with Gasteiger partial charge in [0.2, 0.25) is 0 Å². The van der Waals surface area contributed by atoms with Crippen molar-refractivity contribution in [2.24, 2.45) is 0 Å². The quantitative estimate of drug-likeness (QED) is 0.690. The molecule has 0 radical (unpaired) electrons. The van der Waals surface area contributed by atoms with Gasteiger partial charge in [0.05, 0.1) is 7.11 Å². The summed E-state index contributed by atoms with van der Waals surface area (Å²) in [5.74, 6) is 0.911. The summed E-state index contributed by atoms with van der Waals surface area (Å²) in [6.45, 7) is 2.04. The Balaban J connectivity index is 1.61. The fraction of sp³-hybridized carbons (Fsp3) is 0.200. The molecule has 2 aromatic carbocycles. The van der Waals surface area contributed by atoms with Gasteiger partial charge in [0.25, 0.3) is 5.91 Å². The molecule has 0 fully saturated rings. The minimum Gasteiger partial charge on any atom is -0.496 e. The van der Waals surface area contributed by atoms with Gasteiger partial charge in [-0.15, -0.1) is 0 Å². The van der Waals surface area contributed by atoms with Crippen LogP contribution in [0.1, 0.15) is 11.1 Å². The number of amides is 1. The molecule has 26 heavy (non-hydrogen) atoms. The smallest absolute Gasteiger partial charge is 0.336 e. The Hall–Kier alpha value is -3.28. The van der Waals surface area contributed by atoms with Gasteiger partial charge < -0.3 is 19.2 Å². The lowest BCUT2D eigenvalue weighted by Gasteiger charge is -2.10. The van der Waals surface area contributed by atoms with Crippen molar-refractivity contribution in [3.63, 3.8) is 0 Å². The number of rotatable bonds is 6. The molecule has 1 aromatic heterocycles. The van der Waals surface area contributed by atoms with E-state index in [4.69, 9.17) is 13.9 Å². The number of nitrogens with one attached hydrogen (secondary N) is 1. The summed E-state index contributed by atoms with van der Waals surface area (Å²) in [6, 6.07) is 14.1. The first kappa shape index (κ1) is 17.5. The van der Waals surface area contributed by atoms with E-state index >= 15 is 0 Å². The highest BCUT2D eigenvalue weighted by atomic mass is 16.5. The zero-order valence-corrected chi connectivity index (χ0v) is 14.6. The van der Waals surface area contributed by atoms with E-state index in [1.54, 1.807) is 25.3 Å². The largest absolute Gasteiger partial charge is 0.496 e. The maximum atomic E-state index is 12.0. The van der Waals surface area contributed by atoms with Gasteiger partial charge in [-0.3, -0.25) is 4.79 Å². The van der Waals surface area contributed by atoms with Crippen molar-refractivity contribution >= 4 is 16.9 Å². The van der Waals surface area contributed by atoms with E-state index < -0.39 is 5.63 Å². The number of carbonyl (C=O) groups excluding carboxylic acids is 1. The highest BCUT2D eigenvalue weighted by Crippen LogP contribution is 2.22. The first-order valence-corrected chi connectivity index (χ1v) is 8.13. The molecule has 0 aliphatic carbocycles. The lowest BCUT2D eigenvalue weighted by Crippen LogP contribution is -2.28. The molecule has 3 rings (SSSR count). The summed E-state index contributed by atoms with van der Waals surface area (Å²) >= 11 is 0. The predicted molar refractivity (Wildman–Crippen MR) is 97.6 cm³/mol. The van der Waals surface area contributed by atoms with Gasteiger partial charge in [-0.1, -0.05) is 18.2 Å². The number of carbonyl (C=O) groups is 1. The van der Waals surface area contributed by atoms with Crippen LogP contribution < -0.4 is 20.4 Å². The van der Waals surface area contributed by atoms with Crippen LogP contribution in [-0.2, 0) is 11.3 Å². The topological polar surface area (TPSA) is 77.8 Å². The zero-order valence-electron chi connectivity index (χ0n) is 14.6. The van der Waals surface area contributed by atoms with Gasteiger partial charge in [0.15, 0.2) is 6.61 Å². The monoisotopic (exact) mass is 353 g/mol. The van der Waals surface area contributed by atoms with Gasteiger partial charge in [-0.2, -0.15) is 0 Å². The Morgan fingerprint density at radius 1 is 1.15 bits per heavy atom. The van der Waals surface area contributed by atoms with E-state index in [1.165, 1.54) is 6.07 Å². The summed E-state index contributed by atoms with van der Waals surface area (Å²) < 4.78 is 15.9. The highest BCUT2D eigenvalue weighted by molar-refractivity contribution is 5.81. The average Bonchev–Trinajstić information content (AvgIpc) is 2.64. The van der Waals surface area contributed by atoms with E-state index in [0.29, 0.717) is 23.6 Å². The van der Waals surface area contributed by atoms with Crippen LogP contribution in [0.25, 0.3) is 11.0 Å². The fourth-order valence-electron chi connectivity index (χ4n) is 2.64. The number of hydrogen-bond donors (Lipinski definition) is 1. The zero-order chi connectivity index (χ0) is 18.5. The second-order valence-corrected chi connectivity index (χ2v) is 5.78. The molecule has 0 aliphatic heterocycles. The Labute approximate surface area is 150 Å². The van der Waals surface area contributed by atoms with Crippen LogP contribution in [0.5, 0.6) is 11.5 Å². The fourth-order valence-corrected chi connectivity index (χ4v) is 2.64. The standard InChI is InChI=1S/C20H19NO5/c1-13-9-20(23)26-18-10-15(7-8-16(13)18)25-12-19(22)21-11-14-5-3-4-6-17(14)24-2/h3-10H,11-12H2,1-2H3,(H,21,22). The molecule has 0 spiro atoms. The van der Waals surface area contributed by atoms with Crippen molar-refractivity contribution in [1.82, 2.24) is 5.32 Å². The van der Waals surface area contributed by atoms with Crippen LogP contribution in [0.15, 0.2) is 57.7 Å². The lowest BCUT2D eigenvalue weighted by atomic mass is 10.1. The molecule has 0 unspecified atom stereocenters. The molecule has 1 N–H and O–H groups in total. The number of benzene rings is 2. The molecule has 0 bridgehead atoms. The van der Waals surface area contributed by atoms with Gasteiger partial charge >= 0.3 is 5.63 Å². The van der Waals surface area contributed by atoms with E-state index in [1.807, 2.05) is 31.2 Å². The molecule has 6 heteroatoms. The molecule has 0 saturated carbocycles. The summed E-state index contributed by atoms with van der Waals surface area (Å²) in [7, 11) is 1.59. The van der Waals surface area contributed by atoms with Gasteiger partial charge in [0, 0.05) is 29.6 Å². The van der Waals surface area contributed by atoms with Crippen LogP contribution in [0, 0.1) is 6.92 Å². The molecular weight excluding hydrogens is 334 g/mol. The first-order chi connectivity index (χ1) is 12.6. The number of aryl methyl sites for hydroxylation is 1. The second kappa shape index (κ2) is 7.74. The highest BCUT2D eigenvalue weighted by Gasteiger charge is 2.08. The third kappa shape index (κ3) is 4.03. The Morgan fingerprint density at radius 3 is 2.77 bits per heavy atom. The number of hydrogen-bond acceptors (Lipinski definition) is 5. The molecular formula is C20H19NO5. The van der Waals surface area contributed by atoms with Crippen molar-refractivity contribution in [1.29, 1.82) is 0 Å². The Bertz CT molecular complexity index is 993. The third-order valence-electron chi connectivity index (χ3n) is 3.96. The van der Waals surface area contributed by atoms with Gasteiger partial charge in [0.1, 0.15) is 17.1 Å². The van der Waals surface area contributed by atoms with Crippen LogP contribution in [0.3, 0.4) is 0 Å². The minimum atomic E-state index is -0.415. The number of para-hydroxylation sites is 1. The molecule has 1 amide bonds. The van der Waals surface area contributed by atoms with E-state index in [9.17, 15) is 9.59 Å². The Morgan fingerprint density at radius 2 is 1.96 bits per heavy atom. The van der Waals surface area contributed by atoms with Crippen LogP contribution in [-0.4, -0.2) is 19.6 Å². The number of ether oxygens (including phenoxy) is 2.